The summed E-state index contributed by atoms with van der Waals surface area (Å²) in [6.45, 7) is 5.32. The van der Waals surface area contributed by atoms with E-state index in [1.807, 2.05) is 30.1 Å². The number of rotatable bonds is 9. The molecule has 5 rings (SSSR count). The third-order valence-corrected chi connectivity index (χ3v) is 9.47. The summed E-state index contributed by atoms with van der Waals surface area (Å²) in [5, 5.41) is 0. The van der Waals surface area contributed by atoms with Gasteiger partial charge in [-0.05, 0) is 73.4 Å². The number of nitrogens with zero attached hydrogens (tertiary/aromatic N) is 2. The van der Waals surface area contributed by atoms with E-state index in [-0.39, 0.29) is 11.7 Å². The standard InChI is InChI=1S/C31H39FN2OS/c1-2-23-17-18-34(20-26(23)22-36-29-15-13-27(32)14-16-29)21-28-19-33-31(35-28)30(24-9-5-3-6-10-24)25-11-7-4-8-12-25/h3,5-6,9-10,13-16,19,23,25-26,30H,2,4,7-8,11-12,17-18,20-22H2,1H3. The van der Waals surface area contributed by atoms with Crippen molar-refractivity contribution >= 4 is 11.8 Å². The maximum absolute atomic E-state index is 13.3. The molecule has 1 aliphatic carbocycles. The molecule has 0 radical (unpaired) electrons. The number of oxazole rings is 1. The SMILES string of the molecule is CCC1CCN(Cc2cnc(C(c3ccccc3)C3CCCCC3)o2)CC1CSc1ccc(F)cc1. The van der Waals surface area contributed by atoms with Gasteiger partial charge in [-0.3, -0.25) is 4.90 Å². The summed E-state index contributed by atoms with van der Waals surface area (Å²) >= 11 is 1.86. The van der Waals surface area contributed by atoms with Crippen LogP contribution in [-0.4, -0.2) is 28.7 Å². The van der Waals surface area contributed by atoms with Gasteiger partial charge in [0.2, 0.25) is 5.89 Å². The highest BCUT2D eigenvalue weighted by Gasteiger charge is 2.32. The van der Waals surface area contributed by atoms with E-state index in [9.17, 15) is 4.39 Å². The second kappa shape index (κ2) is 12.4. The summed E-state index contributed by atoms with van der Waals surface area (Å²) in [5.41, 5.74) is 1.33. The predicted molar refractivity (Wildman–Crippen MR) is 146 cm³/mol. The molecule has 3 nitrogen and oxygen atoms in total. The van der Waals surface area contributed by atoms with Gasteiger partial charge in [-0.1, -0.05) is 62.9 Å². The van der Waals surface area contributed by atoms with Crippen LogP contribution in [0, 0.1) is 23.6 Å². The first kappa shape index (κ1) is 25.5. The molecule has 1 saturated carbocycles. The Hall–Kier alpha value is -2.11. The molecule has 1 aromatic heterocycles. The molecule has 0 spiro atoms. The van der Waals surface area contributed by atoms with Crippen molar-refractivity contribution in [1.29, 1.82) is 0 Å². The first-order chi connectivity index (χ1) is 17.7. The van der Waals surface area contributed by atoms with Crippen LogP contribution >= 0.6 is 11.8 Å². The number of piperidine rings is 1. The molecule has 0 bridgehead atoms. The monoisotopic (exact) mass is 506 g/mol. The molecule has 1 saturated heterocycles. The van der Waals surface area contributed by atoms with Crippen molar-refractivity contribution in [3.8, 4) is 0 Å². The molecular weight excluding hydrogens is 467 g/mol. The zero-order chi connectivity index (χ0) is 24.7. The van der Waals surface area contributed by atoms with Gasteiger partial charge in [-0.15, -0.1) is 11.8 Å². The zero-order valence-electron chi connectivity index (χ0n) is 21.4. The first-order valence-electron chi connectivity index (χ1n) is 13.8. The van der Waals surface area contributed by atoms with E-state index < -0.39 is 0 Å². The van der Waals surface area contributed by atoms with Crippen LogP contribution in [0.2, 0.25) is 0 Å². The molecule has 3 unspecified atom stereocenters. The topological polar surface area (TPSA) is 29.3 Å². The largest absolute Gasteiger partial charge is 0.444 e. The Morgan fingerprint density at radius 1 is 1.00 bits per heavy atom. The van der Waals surface area contributed by atoms with Crippen molar-refractivity contribution in [3.05, 3.63) is 83.8 Å². The van der Waals surface area contributed by atoms with Crippen LogP contribution in [0.4, 0.5) is 4.39 Å². The van der Waals surface area contributed by atoms with Crippen molar-refractivity contribution in [2.45, 2.75) is 69.2 Å². The van der Waals surface area contributed by atoms with Gasteiger partial charge in [-0.2, -0.15) is 0 Å². The normalized spacial score (nSPS) is 22.5. The second-order valence-corrected chi connectivity index (χ2v) is 11.8. The Morgan fingerprint density at radius 2 is 1.78 bits per heavy atom. The summed E-state index contributed by atoms with van der Waals surface area (Å²) in [4.78, 5) is 8.54. The molecule has 2 aliphatic rings. The van der Waals surface area contributed by atoms with Crippen molar-refractivity contribution in [1.82, 2.24) is 9.88 Å². The van der Waals surface area contributed by atoms with Crippen molar-refractivity contribution in [2.75, 3.05) is 18.8 Å². The Morgan fingerprint density at radius 3 is 2.53 bits per heavy atom. The first-order valence-corrected chi connectivity index (χ1v) is 14.8. The number of hydrogen-bond acceptors (Lipinski definition) is 4. The van der Waals surface area contributed by atoms with E-state index in [2.05, 4.69) is 42.2 Å². The summed E-state index contributed by atoms with van der Waals surface area (Å²) in [6.07, 6.45) is 10.9. The van der Waals surface area contributed by atoms with E-state index in [4.69, 9.17) is 9.40 Å². The smallest absolute Gasteiger partial charge is 0.202 e. The summed E-state index contributed by atoms with van der Waals surface area (Å²) < 4.78 is 19.8. The second-order valence-electron chi connectivity index (χ2n) is 10.7. The van der Waals surface area contributed by atoms with Gasteiger partial charge >= 0.3 is 0 Å². The van der Waals surface area contributed by atoms with Crippen molar-refractivity contribution in [2.24, 2.45) is 17.8 Å². The van der Waals surface area contributed by atoms with Crippen LogP contribution in [0.25, 0.3) is 0 Å². The fourth-order valence-corrected chi connectivity index (χ4v) is 7.38. The van der Waals surface area contributed by atoms with Gasteiger partial charge in [-0.25, -0.2) is 9.37 Å². The number of benzene rings is 2. The Kier molecular flexibility index (Phi) is 8.81. The summed E-state index contributed by atoms with van der Waals surface area (Å²) in [5.74, 6) is 5.02. The maximum Gasteiger partial charge on any atom is 0.202 e. The minimum Gasteiger partial charge on any atom is -0.444 e. The minimum absolute atomic E-state index is 0.168. The van der Waals surface area contributed by atoms with Gasteiger partial charge in [0.05, 0.1) is 18.7 Å². The summed E-state index contributed by atoms with van der Waals surface area (Å²) in [7, 11) is 0. The van der Waals surface area contributed by atoms with E-state index in [0.717, 1.165) is 47.9 Å². The van der Waals surface area contributed by atoms with Crippen molar-refractivity contribution in [3.63, 3.8) is 0 Å². The van der Waals surface area contributed by atoms with Gasteiger partial charge in [0.15, 0.2) is 0 Å². The van der Waals surface area contributed by atoms with E-state index >= 15 is 0 Å². The average molecular weight is 507 g/mol. The molecule has 0 N–H and O–H groups in total. The van der Waals surface area contributed by atoms with Gasteiger partial charge in [0.25, 0.3) is 0 Å². The van der Waals surface area contributed by atoms with Crippen LogP contribution in [0.1, 0.15) is 75.0 Å². The highest BCUT2D eigenvalue weighted by molar-refractivity contribution is 7.99. The predicted octanol–water partition coefficient (Wildman–Crippen LogP) is 8.17. The van der Waals surface area contributed by atoms with Crippen LogP contribution in [0.15, 0.2) is 70.1 Å². The number of likely N-dealkylation sites (tertiary alicyclic amines) is 1. The van der Waals surface area contributed by atoms with Gasteiger partial charge in [0.1, 0.15) is 11.6 Å². The lowest BCUT2D eigenvalue weighted by molar-refractivity contribution is 0.115. The fraction of sp³-hybridized carbons (Fsp3) is 0.516. The number of hydrogen-bond donors (Lipinski definition) is 0. The fourth-order valence-electron chi connectivity index (χ4n) is 6.26. The molecule has 5 heteroatoms. The Bertz CT molecular complexity index is 1060. The lowest BCUT2D eigenvalue weighted by Crippen LogP contribution is -2.40. The summed E-state index contributed by atoms with van der Waals surface area (Å²) in [6, 6.07) is 17.8. The molecule has 2 fully saturated rings. The van der Waals surface area contributed by atoms with E-state index in [1.54, 1.807) is 12.1 Å². The third kappa shape index (κ3) is 6.41. The van der Waals surface area contributed by atoms with E-state index in [1.165, 1.54) is 50.5 Å². The van der Waals surface area contributed by atoms with Gasteiger partial charge < -0.3 is 4.42 Å². The highest BCUT2D eigenvalue weighted by Crippen LogP contribution is 2.40. The molecule has 1 aliphatic heterocycles. The lowest BCUT2D eigenvalue weighted by atomic mass is 9.77. The average Bonchev–Trinajstić information content (AvgIpc) is 3.37. The number of thioether (sulfide) groups is 1. The quantitative estimate of drug-likeness (QED) is 0.274. The maximum atomic E-state index is 13.3. The molecule has 2 aromatic carbocycles. The minimum atomic E-state index is -0.168. The molecule has 3 atom stereocenters. The molecule has 2 heterocycles. The third-order valence-electron chi connectivity index (χ3n) is 8.27. The highest BCUT2D eigenvalue weighted by atomic mass is 32.2. The van der Waals surface area contributed by atoms with E-state index in [0.29, 0.717) is 11.8 Å². The molecule has 3 aromatic rings. The van der Waals surface area contributed by atoms with Crippen LogP contribution < -0.4 is 0 Å². The molecule has 192 valence electrons. The number of halogens is 1. The molecule has 0 amide bonds. The van der Waals surface area contributed by atoms with Crippen LogP contribution in [-0.2, 0) is 6.54 Å². The van der Waals surface area contributed by atoms with Gasteiger partial charge in [0, 0.05) is 17.2 Å². The molecular formula is C31H39FN2OS. The Labute approximate surface area is 219 Å². The lowest BCUT2D eigenvalue weighted by Gasteiger charge is -2.38. The number of aromatic nitrogens is 1. The molecule has 36 heavy (non-hydrogen) atoms. The van der Waals surface area contributed by atoms with Crippen molar-refractivity contribution < 1.29 is 8.81 Å². The van der Waals surface area contributed by atoms with Crippen LogP contribution in [0.5, 0.6) is 0 Å². The Balaban J connectivity index is 1.24. The zero-order valence-corrected chi connectivity index (χ0v) is 22.3. The van der Waals surface area contributed by atoms with Crippen LogP contribution in [0.3, 0.4) is 0 Å².